The predicted octanol–water partition coefficient (Wildman–Crippen LogP) is 5.31. The molecular formula is C40H55N5O6S. The van der Waals surface area contributed by atoms with E-state index in [2.05, 4.69) is 21.7 Å². The summed E-state index contributed by atoms with van der Waals surface area (Å²) in [6.45, 7) is 10.5. The van der Waals surface area contributed by atoms with E-state index >= 15 is 0 Å². The second kappa shape index (κ2) is 19.0. The number of unbranched alkanes of at least 4 members (excludes halogenated alkanes) is 2. The molecule has 0 spiro atoms. The summed E-state index contributed by atoms with van der Waals surface area (Å²) in [6.07, 6.45) is 3.87. The lowest BCUT2D eigenvalue weighted by Crippen LogP contribution is -2.57. The first-order valence-electron chi connectivity index (χ1n) is 18.3. The van der Waals surface area contributed by atoms with Gasteiger partial charge < -0.3 is 31.1 Å². The first kappa shape index (κ1) is 40.5. The molecule has 1 aliphatic heterocycles. The Hall–Kier alpha value is -4.29. The van der Waals surface area contributed by atoms with Gasteiger partial charge in [0.15, 0.2) is 0 Å². The van der Waals surface area contributed by atoms with Gasteiger partial charge in [0.05, 0.1) is 28.8 Å². The standard InChI is InChI=1S/C40H55N5O6S/c1-26(14-19-34(41)47)24-51-32-12-9-11-28(20-32)10-7-6-8-13-35(48)44-37(40(3,4)5)39(50)45-23-31(46)21-33(45)38(49)42-22-29-15-17-30(18-16-29)36-27(2)43-25-52-36/h9,11-12,15-18,20,25-26,31,33,37,46H,6-8,10,13-14,19,21-24H2,1-5H3,(H2,41,47)(H,42,49)(H,44,48)/t26-,31+,33-,37+/m0/s1. The largest absolute Gasteiger partial charge is 0.493 e. The summed E-state index contributed by atoms with van der Waals surface area (Å²) in [5.41, 5.74) is 10.5. The molecular weight excluding hydrogens is 679 g/mol. The van der Waals surface area contributed by atoms with Crippen molar-refractivity contribution in [1.29, 1.82) is 0 Å². The summed E-state index contributed by atoms with van der Waals surface area (Å²) in [4.78, 5) is 58.3. The third kappa shape index (κ3) is 12.2. The number of hydrogen-bond donors (Lipinski definition) is 4. The van der Waals surface area contributed by atoms with Crippen LogP contribution in [0.2, 0.25) is 0 Å². The minimum Gasteiger partial charge on any atom is -0.493 e. The molecule has 1 saturated heterocycles. The summed E-state index contributed by atoms with van der Waals surface area (Å²) in [7, 11) is 0. The van der Waals surface area contributed by atoms with Crippen LogP contribution >= 0.6 is 11.3 Å². The Morgan fingerprint density at radius 2 is 1.81 bits per heavy atom. The normalized spacial score (nSPS) is 17.0. The number of rotatable bonds is 18. The van der Waals surface area contributed by atoms with Gasteiger partial charge in [0.2, 0.25) is 23.6 Å². The Morgan fingerprint density at radius 3 is 2.48 bits per heavy atom. The molecule has 52 heavy (non-hydrogen) atoms. The van der Waals surface area contributed by atoms with Crippen LogP contribution in [0.4, 0.5) is 0 Å². The topological polar surface area (TPSA) is 164 Å². The van der Waals surface area contributed by atoms with Crippen molar-refractivity contribution in [3.63, 3.8) is 0 Å². The highest BCUT2D eigenvalue weighted by Crippen LogP contribution is 2.28. The van der Waals surface area contributed by atoms with E-state index in [9.17, 15) is 24.3 Å². The van der Waals surface area contributed by atoms with Gasteiger partial charge in [-0.3, -0.25) is 19.2 Å². The number of aryl methyl sites for hydroxylation is 2. The number of nitrogens with one attached hydrogen (secondary N) is 2. The molecule has 4 amide bonds. The van der Waals surface area contributed by atoms with Crippen LogP contribution in [-0.4, -0.2) is 70.0 Å². The van der Waals surface area contributed by atoms with Crippen molar-refractivity contribution < 1.29 is 29.0 Å². The molecule has 0 bridgehead atoms. The number of nitrogens with two attached hydrogens (primary N) is 1. The fourth-order valence-corrected chi connectivity index (χ4v) is 7.12. The minimum atomic E-state index is -0.857. The Bertz CT molecular complexity index is 1650. The first-order valence-corrected chi connectivity index (χ1v) is 19.1. The van der Waals surface area contributed by atoms with Crippen molar-refractivity contribution >= 4 is 35.0 Å². The zero-order chi connectivity index (χ0) is 37.8. The van der Waals surface area contributed by atoms with Crippen LogP contribution in [-0.2, 0) is 32.1 Å². The molecule has 0 radical (unpaired) electrons. The van der Waals surface area contributed by atoms with Crippen LogP contribution in [0.1, 0.15) is 89.5 Å². The van der Waals surface area contributed by atoms with Crippen LogP contribution < -0.4 is 21.1 Å². The zero-order valence-electron chi connectivity index (χ0n) is 31.2. The number of carbonyl (C=O) groups excluding carboxylic acids is 4. The van der Waals surface area contributed by atoms with Crippen LogP contribution in [0.15, 0.2) is 54.0 Å². The molecule has 0 saturated carbocycles. The van der Waals surface area contributed by atoms with E-state index in [0.717, 1.165) is 52.3 Å². The van der Waals surface area contributed by atoms with Crippen molar-refractivity contribution in [3.8, 4) is 16.2 Å². The smallest absolute Gasteiger partial charge is 0.246 e. The number of thiazole rings is 1. The molecule has 3 aromatic rings. The number of aromatic nitrogens is 1. The third-order valence-electron chi connectivity index (χ3n) is 9.40. The molecule has 4 atom stereocenters. The second-order valence-electron chi connectivity index (χ2n) is 15.1. The Morgan fingerprint density at radius 1 is 1.06 bits per heavy atom. The van der Waals surface area contributed by atoms with Crippen LogP contribution in [0, 0.1) is 18.3 Å². The maximum atomic E-state index is 13.9. The van der Waals surface area contributed by atoms with Gasteiger partial charge >= 0.3 is 0 Å². The Labute approximate surface area is 311 Å². The van der Waals surface area contributed by atoms with Gasteiger partial charge in [0.25, 0.3) is 0 Å². The summed E-state index contributed by atoms with van der Waals surface area (Å²) < 4.78 is 5.92. The lowest BCUT2D eigenvalue weighted by atomic mass is 9.85. The van der Waals surface area contributed by atoms with Crippen molar-refractivity contribution in [2.24, 2.45) is 17.1 Å². The van der Waals surface area contributed by atoms with Crippen molar-refractivity contribution in [2.45, 2.75) is 111 Å². The molecule has 0 unspecified atom stereocenters. The SMILES string of the molecule is Cc1ncsc1-c1ccc(CNC(=O)[C@@H]2C[C@@H](O)CN2C(=O)[C@@H](NC(=O)CCCCCc2cccc(OC[C@@H](C)CCC(N)=O)c2)C(C)(C)C)cc1. The third-order valence-corrected chi connectivity index (χ3v) is 10.4. The number of nitrogens with zero attached hydrogens (tertiary/aromatic N) is 2. The van der Waals surface area contributed by atoms with E-state index in [0.29, 0.717) is 25.9 Å². The molecule has 1 fully saturated rings. The maximum Gasteiger partial charge on any atom is 0.246 e. The number of aliphatic hydroxyl groups is 1. The number of amides is 4. The van der Waals surface area contributed by atoms with Gasteiger partial charge in [-0.15, -0.1) is 11.3 Å². The molecule has 5 N–H and O–H groups in total. The van der Waals surface area contributed by atoms with Gasteiger partial charge in [0.1, 0.15) is 17.8 Å². The average Bonchev–Trinajstić information content (AvgIpc) is 3.72. The molecule has 1 aromatic heterocycles. The number of primary amides is 1. The molecule has 12 heteroatoms. The molecule has 11 nitrogen and oxygen atoms in total. The predicted molar refractivity (Wildman–Crippen MR) is 203 cm³/mol. The van der Waals surface area contributed by atoms with Gasteiger partial charge in [-0.05, 0) is 72.8 Å². The summed E-state index contributed by atoms with van der Waals surface area (Å²) >= 11 is 1.58. The zero-order valence-corrected chi connectivity index (χ0v) is 32.0. The summed E-state index contributed by atoms with van der Waals surface area (Å²) in [5, 5.41) is 16.4. The fraction of sp³-hybridized carbons (Fsp3) is 0.525. The van der Waals surface area contributed by atoms with Gasteiger partial charge in [0, 0.05) is 32.4 Å². The Kier molecular flexibility index (Phi) is 14.8. The highest BCUT2D eigenvalue weighted by Gasteiger charge is 2.44. The quantitative estimate of drug-likeness (QED) is 0.129. The number of likely N-dealkylation sites (tertiary alicyclic amines) is 1. The minimum absolute atomic E-state index is 0.0306. The molecule has 0 aliphatic carbocycles. The van der Waals surface area contributed by atoms with Gasteiger partial charge in [-0.1, -0.05) is 70.5 Å². The number of β-amino-alcohol motifs (C(OH)–C–C–N with tert-alkyl or cyclic N) is 1. The van der Waals surface area contributed by atoms with E-state index in [4.69, 9.17) is 10.5 Å². The van der Waals surface area contributed by atoms with E-state index < -0.39 is 23.6 Å². The molecule has 2 aromatic carbocycles. The summed E-state index contributed by atoms with van der Waals surface area (Å²) in [5.74, 6) is -0.212. The van der Waals surface area contributed by atoms with E-state index in [-0.39, 0.29) is 55.5 Å². The highest BCUT2D eigenvalue weighted by atomic mass is 32.1. The molecule has 1 aliphatic rings. The molecule has 4 rings (SSSR count). The van der Waals surface area contributed by atoms with E-state index in [1.165, 1.54) is 4.90 Å². The summed E-state index contributed by atoms with van der Waals surface area (Å²) in [6, 6.07) is 14.2. The average molecular weight is 734 g/mol. The number of carbonyl (C=O) groups is 4. The maximum absolute atomic E-state index is 13.9. The monoisotopic (exact) mass is 733 g/mol. The number of ether oxygens (including phenoxy) is 1. The number of benzene rings is 2. The van der Waals surface area contributed by atoms with Crippen LogP contribution in [0.5, 0.6) is 5.75 Å². The van der Waals surface area contributed by atoms with E-state index in [1.54, 1.807) is 11.3 Å². The van der Waals surface area contributed by atoms with Gasteiger partial charge in [-0.25, -0.2) is 4.98 Å². The van der Waals surface area contributed by atoms with Crippen LogP contribution in [0.3, 0.4) is 0 Å². The Balaban J connectivity index is 1.23. The first-order chi connectivity index (χ1) is 24.7. The fourth-order valence-electron chi connectivity index (χ4n) is 6.31. The van der Waals surface area contributed by atoms with Gasteiger partial charge in [-0.2, -0.15) is 0 Å². The van der Waals surface area contributed by atoms with Crippen LogP contribution in [0.25, 0.3) is 10.4 Å². The van der Waals surface area contributed by atoms with E-state index in [1.807, 2.05) is 82.6 Å². The number of aliphatic hydroxyl groups excluding tert-OH is 1. The molecule has 2 heterocycles. The van der Waals surface area contributed by atoms with Crippen molar-refractivity contribution in [3.05, 3.63) is 70.9 Å². The lowest BCUT2D eigenvalue weighted by molar-refractivity contribution is -0.144. The molecule has 282 valence electrons. The van der Waals surface area contributed by atoms with Crippen molar-refractivity contribution in [2.75, 3.05) is 13.2 Å². The lowest BCUT2D eigenvalue weighted by Gasteiger charge is -2.35. The highest BCUT2D eigenvalue weighted by molar-refractivity contribution is 7.13. The number of hydrogen-bond acceptors (Lipinski definition) is 8. The van der Waals surface area contributed by atoms with Crippen molar-refractivity contribution in [1.82, 2.24) is 20.5 Å². The second-order valence-corrected chi connectivity index (χ2v) is 15.9.